The van der Waals surface area contributed by atoms with E-state index in [-0.39, 0.29) is 150 Å². The highest BCUT2D eigenvalue weighted by molar-refractivity contribution is 6.38. The number of nitrogens with one attached hydrogen (secondary N) is 6. The molecule has 5 aliphatic rings. The maximum Gasteiger partial charge on any atom is 0.317 e. The first-order chi connectivity index (χ1) is 47.0. The fraction of sp³-hybridized carbons (Fsp3) is 0.619. The summed E-state index contributed by atoms with van der Waals surface area (Å²) in [6.07, 6.45) is -8.24. The molecular weight excluding hydrogens is 1310 g/mol. The van der Waals surface area contributed by atoms with Crippen molar-refractivity contribution in [3.05, 3.63) is 58.7 Å². The Morgan fingerprint density at radius 1 is 0.737 bits per heavy atom. The number of aryl methyl sites for hydroxylation is 1. The summed E-state index contributed by atoms with van der Waals surface area (Å²) in [5, 5.41) is 85.1. The van der Waals surface area contributed by atoms with Crippen LogP contribution in [0.5, 0.6) is 11.5 Å². The van der Waals surface area contributed by atoms with Crippen LogP contribution in [0.2, 0.25) is 0 Å². The molecule has 0 bridgehead atoms. The van der Waals surface area contributed by atoms with Gasteiger partial charge in [-0.1, -0.05) is 24.3 Å². The van der Waals surface area contributed by atoms with E-state index < -0.39 is 158 Å². The fourth-order valence-corrected chi connectivity index (χ4v) is 12.5. The Kier molecular flexibility index (Phi) is 28.6. The number of carbonyl (C=O) groups is 12. The van der Waals surface area contributed by atoms with Crippen LogP contribution in [0.1, 0.15) is 67.2 Å². The van der Waals surface area contributed by atoms with Crippen LogP contribution in [0.15, 0.2) is 36.4 Å². The second-order valence-electron chi connectivity index (χ2n) is 25.1. The van der Waals surface area contributed by atoms with Crippen molar-refractivity contribution in [2.75, 3.05) is 119 Å². The molecule has 0 aromatic heterocycles. The maximum atomic E-state index is 14.7. The maximum absolute atomic E-state index is 14.7. The Morgan fingerprint density at radius 3 is 1.95 bits per heavy atom. The van der Waals surface area contributed by atoms with Gasteiger partial charge in [0.25, 0.3) is 11.8 Å². The van der Waals surface area contributed by atoms with Crippen LogP contribution >= 0.6 is 0 Å². The fourth-order valence-electron chi connectivity index (χ4n) is 12.5. The van der Waals surface area contributed by atoms with Gasteiger partial charge >= 0.3 is 17.9 Å². The second kappa shape index (κ2) is 36.5. The number of hydrogen-bond acceptors (Lipinski definition) is 23. The summed E-state index contributed by atoms with van der Waals surface area (Å²) in [5.41, 5.74) is 2.63. The number of halogens is 2. The summed E-state index contributed by atoms with van der Waals surface area (Å²) in [7, 11) is 2.82. The smallest absolute Gasteiger partial charge is 0.317 e. The number of rotatable bonds is 31. The molecule has 8 amide bonds. The quantitative estimate of drug-likeness (QED) is 0.0248. The normalized spacial score (nSPS) is 23.5. The van der Waals surface area contributed by atoms with Gasteiger partial charge in [-0.15, -0.1) is 0 Å². The molecule has 2 aromatic carbocycles. The topological polar surface area (TPSA) is 466 Å². The lowest BCUT2D eigenvalue weighted by atomic mass is 9.95. The van der Waals surface area contributed by atoms with Crippen molar-refractivity contribution in [3.8, 4) is 11.5 Å². The number of aliphatic hydroxyl groups excluding tert-OH is 4. The van der Waals surface area contributed by atoms with Gasteiger partial charge in [-0.05, 0) is 66.5 Å². The van der Waals surface area contributed by atoms with Crippen LogP contribution in [0, 0.1) is 5.92 Å². The van der Waals surface area contributed by atoms with E-state index in [9.17, 15) is 102 Å². The first-order valence-electron chi connectivity index (χ1n) is 32.4. The minimum absolute atomic E-state index is 0.0389. The highest BCUT2D eigenvalue weighted by Gasteiger charge is 2.52. The number of unbranched alkanes of at least 4 members (excludes halogenated alkanes) is 1. The number of carbonyl (C=O) groups excluding carboxylic acids is 9. The first-order valence-corrected chi connectivity index (χ1v) is 32.4. The number of amides is 8. The molecule has 7 rings (SSSR count). The van der Waals surface area contributed by atoms with Gasteiger partial charge in [0.2, 0.25) is 47.1 Å². The van der Waals surface area contributed by atoms with E-state index in [2.05, 4.69) is 31.9 Å². The molecule has 5 heterocycles. The zero-order valence-electron chi connectivity index (χ0n) is 54.9. The number of likely N-dealkylation sites (tertiary alicyclic amines) is 1. The van der Waals surface area contributed by atoms with Crippen molar-refractivity contribution in [3.63, 3.8) is 0 Å². The highest BCUT2D eigenvalue weighted by atomic mass is 19.3. The number of methoxy groups -OCH3 is 2. The lowest BCUT2D eigenvalue weighted by Crippen LogP contribution is -2.66. The van der Waals surface area contributed by atoms with Gasteiger partial charge in [0.05, 0.1) is 66.1 Å². The second-order valence-corrected chi connectivity index (χ2v) is 25.1. The van der Waals surface area contributed by atoms with Crippen molar-refractivity contribution in [2.24, 2.45) is 5.92 Å². The number of benzene rings is 2. The standard InChI is InChI=1S/C63H88F2N12O22/c1-97-44-11-9-36(22-45(44)98-2)26-67-61(95)55(89)43-25-63(64,65)35-77(43)50(82)27-68-59(93)42-23-39(58(92)70-42)24-49(81)76-28-38-7-5-6-37(40(38)29-76)10-12-47(79)69-41(60(94)71-54-46(34-78)99-62(96)57(91)56(54)90)8-3-4-13-66-48(80)30-72-14-16-73(31-51(83)84)18-20-75(33-53(87)88)21-19-74(17-15-72)32-52(85)86/h5-7,9,11,22,39,41-43,46,54,56-57,62,78,90-91,96H,3-4,8,10,12-21,23-35H2,1-2H3,(H,66,80)(H,67,95)(H,68,93)(H,69,79)(H,70,92)(H,71,94)(H,83,84)(H,85,86)(H,87,88)/t39-,41?,42-,43-,46-,54-,56+,57-,62?/m0/s1. The summed E-state index contributed by atoms with van der Waals surface area (Å²) < 4.78 is 45.1. The molecule has 13 N–H and O–H groups in total. The number of Topliss-reactive ketones (excluding diaryl/α,β-unsaturated/α-hetero) is 1. The zero-order valence-corrected chi connectivity index (χ0v) is 54.9. The van der Waals surface area contributed by atoms with E-state index in [1.807, 2.05) is 0 Å². The van der Waals surface area contributed by atoms with Crippen molar-refractivity contribution < 1.29 is 116 Å². The summed E-state index contributed by atoms with van der Waals surface area (Å²) in [4.78, 5) is 165. The molecule has 34 nitrogen and oxygen atoms in total. The number of alkyl halides is 2. The van der Waals surface area contributed by atoms with Crippen molar-refractivity contribution in [1.82, 2.24) is 61.3 Å². The van der Waals surface area contributed by atoms with Crippen LogP contribution < -0.4 is 41.4 Å². The third-order valence-corrected chi connectivity index (χ3v) is 17.9. The first kappa shape index (κ1) is 77.7. The lowest BCUT2D eigenvalue weighted by molar-refractivity contribution is -0.262. The average molecular weight is 1400 g/mol. The predicted molar refractivity (Wildman–Crippen MR) is 338 cm³/mol. The zero-order chi connectivity index (χ0) is 72.3. The van der Waals surface area contributed by atoms with E-state index in [1.165, 1.54) is 25.2 Å². The Balaban J connectivity index is 0.895. The molecule has 36 heteroatoms. The van der Waals surface area contributed by atoms with Gasteiger partial charge < -0.3 is 91.7 Å². The lowest BCUT2D eigenvalue weighted by Gasteiger charge is -2.41. The summed E-state index contributed by atoms with van der Waals surface area (Å²) in [6.45, 7) is -2.45. The molecule has 0 radical (unpaired) electrons. The van der Waals surface area contributed by atoms with Crippen LogP contribution in [0.4, 0.5) is 8.78 Å². The number of fused-ring (bicyclic) bond motifs is 1. The van der Waals surface area contributed by atoms with Gasteiger partial charge in [0.1, 0.15) is 36.4 Å². The third kappa shape index (κ3) is 22.7. The van der Waals surface area contributed by atoms with Crippen LogP contribution in [-0.4, -0.2) is 310 Å². The minimum atomic E-state index is -3.54. The molecule has 9 atom stereocenters. The van der Waals surface area contributed by atoms with E-state index in [0.717, 1.165) is 11.1 Å². The number of aliphatic carboxylic acids is 3. The Hall–Kier alpha value is -8.62. The van der Waals surface area contributed by atoms with Gasteiger partial charge in [-0.2, -0.15) is 0 Å². The predicted octanol–water partition coefficient (Wildman–Crippen LogP) is -5.23. The number of nitrogens with zero attached hydrogens (tertiary/aromatic N) is 6. The van der Waals surface area contributed by atoms with Crippen LogP contribution in [0.3, 0.4) is 0 Å². The molecule has 2 aromatic rings. The molecule has 0 spiro atoms. The molecule has 546 valence electrons. The number of ketones is 1. The number of carboxylic acids is 3. The van der Waals surface area contributed by atoms with E-state index in [4.69, 9.17) is 14.2 Å². The van der Waals surface area contributed by atoms with Crippen molar-refractivity contribution in [2.45, 2.75) is 126 Å². The number of hydrogen-bond donors (Lipinski definition) is 13. The molecule has 0 aliphatic carbocycles. The van der Waals surface area contributed by atoms with Crippen LogP contribution in [-0.2, 0) is 88.3 Å². The number of aliphatic hydroxyl groups is 4. The van der Waals surface area contributed by atoms with Crippen molar-refractivity contribution in [1.29, 1.82) is 0 Å². The largest absolute Gasteiger partial charge is 0.493 e. The number of carboxylic acid groups (broad SMARTS) is 3. The summed E-state index contributed by atoms with van der Waals surface area (Å²) in [6, 6.07) is 4.12. The van der Waals surface area contributed by atoms with Crippen LogP contribution in [0.25, 0.3) is 0 Å². The van der Waals surface area contributed by atoms with E-state index >= 15 is 0 Å². The third-order valence-electron chi connectivity index (χ3n) is 17.9. The molecule has 5 aliphatic heterocycles. The average Bonchev–Trinajstić information content (AvgIpc) is 1.76. The number of ether oxygens (including phenoxy) is 3. The minimum Gasteiger partial charge on any atom is -0.493 e. The summed E-state index contributed by atoms with van der Waals surface area (Å²) >= 11 is 0. The highest BCUT2D eigenvalue weighted by Crippen LogP contribution is 2.34. The van der Waals surface area contributed by atoms with Gasteiger partial charge in [-0.3, -0.25) is 77.1 Å². The van der Waals surface area contributed by atoms with E-state index in [0.29, 0.717) is 27.5 Å². The Labute approximate surface area is 567 Å². The van der Waals surface area contributed by atoms with Crippen molar-refractivity contribution >= 4 is 70.9 Å². The molecular formula is C63H88F2N12O22. The van der Waals surface area contributed by atoms with Gasteiger partial charge in [0, 0.05) is 104 Å². The molecule has 4 fully saturated rings. The molecule has 99 heavy (non-hydrogen) atoms. The monoisotopic (exact) mass is 1400 g/mol. The SMILES string of the molecule is COc1ccc(CNC(=O)C(=O)[C@@H]2CC(F)(F)CN2C(=O)CNC(=O)[C@@H]2C[C@@H](CC(=O)N3Cc4cccc(CCC(=O)NC(CCCCNC(=O)CN5CCN(CC(=O)O)CCN(CC(=O)O)CCN(CC(=O)O)CC5)C(=O)N[C@@H]5[C@@H](O)[C@H](O)C(O)O[C@H]5CO)c4C3)C(=O)N2)cc1OC. The Morgan fingerprint density at radius 2 is 1.35 bits per heavy atom. The summed E-state index contributed by atoms with van der Waals surface area (Å²) in [5.74, 6) is -14.6. The van der Waals surface area contributed by atoms with Gasteiger partial charge in [-0.25, -0.2) is 8.78 Å². The molecule has 0 saturated carbocycles. The molecule has 4 saturated heterocycles. The molecule has 2 unspecified atom stereocenters. The Bertz CT molecular complexity index is 3230. The van der Waals surface area contributed by atoms with E-state index in [1.54, 1.807) is 49.9 Å². The van der Waals surface area contributed by atoms with Gasteiger partial charge in [0.15, 0.2) is 17.8 Å².